The molecule has 3 fully saturated rings. The average molecular weight is 1120 g/mol. The van der Waals surface area contributed by atoms with E-state index >= 15 is 0 Å². The SMILES string of the molecule is C.Cc1cc(F)ccc1C(=O)c1sc2cc(O)ccc2c1Oc1ccc(OCCN2CC(CF)C2)cc1.Cc1cc(F)ccc1C(=O)c1sc2cc(OC3CCCCO3)ccc2c1Oc1ccc(OCCN2CC(CF)C2)cc1. The molecule has 3 saturated heterocycles. The van der Waals surface area contributed by atoms with Gasteiger partial charge in [-0.3, -0.25) is 28.2 Å². The van der Waals surface area contributed by atoms with Crippen LogP contribution in [0, 0.1) is 37.3 Å². The normalized spacial score (nSPS) is 15.8. The minimum absolute atomic E-state index is 0. The largest absolute Gasteiger partial charge is 0.508 e. The number of phenols is 1. The maximum atomic E-state index is 13.8. The number of carbonyl (C=O) groups excluding carboxylic acids is 2. The van der Waals surface area contributed by atoms with E-state index in [0.29, 0.717) is 102 Å². The molecule has 0 amide bonds. The molecule has 17 heteroatoms. The fraction of sp³-hybridized carbons (Fsp3) is 0.323. The quantitative estimate of drug-likeness (QED) is 0.0581. The summed E-state index contributed by atoms with van der Waals surface area (Å²) < 4.78 is 90.1. The van der Waals surface area contributed by atoms with Gasteiger partial charge >= 0.3 is 0 Å². The number of aryl methyl sites for hydroxylation is 2. The molecule has 3 aliphatic heterocycles. The first-order valence-corrected chi connectivity index (χ1v) is 27.6. The van der Waals surface area contributed by atoms with Gasteiger partial charge in [0.1, 0.15) is 69.1 Å². The number of aromatic hydroxyl groups is 1. The molecule has 1 unspecified atom stereocenters. The number of benzene rings is 6. The number of thiophene rings is 2. The van der Waals surface area contributed by atoms with Gasteiger partial charge in [0, 0.05) is 88.8 Å². The van der Waals surface area contributed by atoms with Gasteiger partial charge in [-0.05, 0) is 159 Å². The Bertz CT molecular complexity index is 3390. The maximum absolute atomic E-state index is 13.8. The van der Waals surface area contributed by atoms with Gasteiger partial charge in [-0.15, -0.1) is 22.7 Å². The van der Waals surface area contributed by atoms with E-state index in [4.69, 9.17) is 28.4 Å². The van der Waals surface area contributed by atoms with Gasteiger partial charge in [0.25, 0.3) is 0 Å². The summed E-state index contributed by atoms with van der Waals surface area (Å²) in [4.78, 5) is 32.3. The molecule has 11 nitrogen and oxygen atoms in total. The average Bonchev–Trinajstić information content (AvgIpc) is 4.21. The second-order valence-corrected chi connectivity index (χ2v) is 21.9. The number of ketones is 2. The first-order valence-electron chi connectivity index (χ1n) is 26.0. The Morgan fingerprint density at radius 3 is 1.51 bits per heavy atom. The summed E-state index contributed by atoms with van der Waals surface area (Å²) in [6.45, 7) is 9.19. The van der Waals surface area contributed by atoms with Crippen LogP contribution in [-0.2, 0) is 4.74 Å². The van der Waals surface area contributed by atoms with Crippen LogP contribution in [0.15, 0.2) is 121 Å². The molecule has 0 aliphatic carbocycles. The zero-order valence-electron chi connectivity index (χ0n) is 43.1. The number of ether oxygens (including phenoxy) is 6. The Labute approximate surface area is 464 Å². The van der Waals surface area contributed by atoms with Gasteiger partial charge in [-0.25, -0.2) is 8.78 Å². The van der Waals surface area contributed by atoms with E-state index in [0.717, 1.165) is 68.6 Å². The molecule has 0 saturated carbocycles. The molecule has 79 heavy (non-hydrogen) atoms. The minimum atomic E-state index is -0.405. The molecule has 11 rings (SSSR count). The molecular formula is C62H62F4N2O9S2. The lowest BCUT2D eigenvalue weighted by atomic mass is 10.0. The first-order chi connectivity index (χ1) is 37.9. The summed E-state index contributed by atoms with van der Waals surface area (Å²) in [7, 11) is 0. The minimum Gasteiger partial charge on any atom is -0.508 e. The molecule has 3 aliphatic rings. The fourth-order valence-corrected chi connectivity index (χ4v) is 11.8. The Morgan fingerprint density at radius 1 is 0.595 bits per heavy atom. The Kier molecular flexibility index (Phi) is 18.5. The number of hydrogen-bond acceptors (Lipinski definition) is 13. The summed E-state index contributed by atoms with van der Waals surface area (Å²) in [6, 6.07) is 33.1. The zero-order chi connectivity index (χ0) is 54.3. The number of alkyl halides is 2. The summed E-state index contributed by atoms with van der Waals surface area (Å²) >= 11 is 2.54. The van der Waals surface area contributed by atoms with Gasteiger partial charge in [0.2, 0.25) is 11.6 Å². The smallest absolute Gasteiger partial charge is 0.207 e. The van der Waals surface area contributed by atoms with Crippen molar-refractivity contribution >= 4 is 54.4 Å². The molecule has 1 N–H and O–H groups in total. The van der Waals surface area contributed by atoms with E-state index in [2.05, 4.69) is 9.80 Å². The summed E-state index contributed by atoms with van der Waals surface area (Å²) in [6.07, 6.45) is 2.64. The summed E-state index contributed by atoms with van der Waals surface area (Å²) in [5, 5.41) is 11.4. The van der Waals surface area contributed by atoms with Crippen molar-refractivity contribution < 1.29 is 60.7 Å². The summed E-state index contributed by atoms with van der Waals surface area (Å²) in [5.74, 6) is 3.05. The van der Waals surface area contributed by atoms with Crippen molar-refractivity contribution in [2.75, 3.05) is 72.4 Å². The second kappa shape index (κ2) is 25.8. The van der Waals surface area contributed by atoms with Gasteiger partial charge in [0.15, 0.2) is 17.8 Å². The van der Waals surface area contributed by atoms with Crippen molar-refractivity contribution in [2.45, 2.75) is 46.8 Å². The van der Waals surface area contributed by atoms with E-state index in [1.54, 1.807) is 68.4 Å². The van der Waals surface area contributed by atoms with E-state index in [1.165, 1.54) is 59.1 Å². The van der Waals surface area contributed by atoms with Crippen molar-refractivity contribution in [3.63, 3.8) is 0 Å². The molecular weight excluding hydrogens is 1060 g/mol. The van der Waals surface area contributed by atoms with Crippen LogP contribution in [0.5, 0.6) is 46.0 Å². The number of phenolic OH excluding ortho intramolecular Hbond substituents is 1. The van der Waals surface area contributed by atoms with Crippen LogP contribution in [0.1, 0.15) is 68.3 Å². The maximum Gasteiger partial charge on any atom is 0.207 e. The predicted octanol–water partition coefficient (Wildman–Crippen LogP) is 14.6. The van der Waals surface area contributed by atoms with Gasteiger partial charge in [-0.2, -0.15) is 0 Å². The number of nitrogens with zero attached hydrogens (tertiary/aromatic N) is 2. The highest BCUT2D eigenvalue weighted by Gasteiger charge is 2.29. The lowest BCUT2D eigenvalue weighted by Gasteiger charge is -2.37. The van der Waals surface area contributed by atoms with E-state index in [1.807, 2.05) is 30.3 Å². The number of carbonyl (C=O) groups is 2. The lowest BCUT2D eigenvalue weighted by Crippen LogP contribution is -2.49. The van der Waals surface area contributed by atoms with Crippen LogP contribution in [0.4, 0.5) is 17.6 Å². The molecule has 1 atom stereocenters. The molecule has 0 spiro atoms. The van der Waals surface area contributed by atoms with Crippen molar-refractivity contribution in [3.05, 3.63) is 165 Å². The van der Waals surface area contributed by atoms with E-state index < -0.39 is 5.82 Å². The Balaban J connectivity index is 0.000000191. The third-order valence-corrected chi connectivity index (χ3v) is 16.1. The monoisotopic (exact) mass is 1120 g/mol. The Hall–Kier alpha value is -7.02. The van der Waals surface area contributed by atoms with Crippen LogP contribution in [0.3, 0.4) is 0 Å². The van der Waals surface area contributed by atoms with Gasteiger partial charge in [0.05, 0.1) is 20.0 Å². The number of fused-ring (bicyclic) bond motifs is 2. The van der Waals surface area contributed by atoms with Crippen LogP contribution < -0.4 is 23.7 Å². The molecule has 414 valence electrons. The molecule has 2 aromatic heterocycles. The van der Waals surface area contributed by atoms with Crippen LogP contribution in [0.2, 0.25) is 0 Å². The fourth-order valence-electron chi connectivity index (χ4n) is 9.60. The molecule has 0 radical (unpaired) electrons. The van der Waals surface area contributed by atoms with Crippen LogP contribution >= 0.6 is 22.7 Å². The number of halogens is 4. The van der Waals surface area contributed by atoms with Crippen LogP contribution in [-0.4, -0.2) is 105 Å². The number of rotatable bonds is 20. The summed E-state index contributed by atoms with van der Waals surface area (Å²) in [5.41, 5.74) is 1.90. The van der Waals surface area contributed by atoms with Gasteiger partial charge < -0.3 is 33.5 Å². The molecule has 8 aromatic rings. The molecule has 5 heterocycles. The topological polar surface area (TPSA) is 116 Å². The molecule has 6 aromatic carbocycles. The Morgan fingerprint density at radius 2 is 1.05 bits per heavy atom. The first kappa shape index (κ1) is 56.7. The van der Waals surface area contributed by atoms with E-state index in [9.17, 15) is 32.3 Å². The van der Waals surface area contributed by atoms with Crippen molar-refractivity contribution in [2.24, 2.45) is 11.8 Å². The predicted molar refractivity (Wildman–Crippen MR) is 301 cm³/mol. The van der Waals surface area contributed by atoms with Crippen LogP contribution in [0.25, 0.3) is 20.2 Å². The van der Waals surface area contributed by atoms with Crippen molar-refractivity contribution in [1.29, 1.82) is 0 Å². The standard InChI is InChI=1S/C33H33F2NO5S.C28H25F2NO4S.CH4/c1-21-16-23(35)5-11-27(21)31(37)33-32(28-12-10-26(17-29(28)42-33)40-30-4-2-3-14-39-30)41-25-8-6-24(7-9-25)38-15-13-36-19-22(18-34)20-36;1-17-12-19(30)2-8-23(17)26(33)28-27(24-9-3-20(32)13-25(24)36-28)35-22-6-4-21(5-7-22)34-11-10-31-15-18(14-29)16-31;/h5-12,16-17,22,30H,2-4,13-15,18-20H2,1H3;2-9,12-13,18,32H,10-11,14-16H2,1H3;1H4. The third-order valence-electron chi connectivity index (χ3n) is 13.9. The lowest BCUT2D eigenvalue weighted by molar-refractivity contribution is -0.105. The van der Waals surface area contributed by atoms with Crippen molar-refractivity contribution in [1.82, 2.24) is 9.80 Å². The number of likely N-dealkylation sites (tertiary alicyclic amines) is 2. The second-order valence-electron chi connectivity index (χ2n) is 19.8. The third kappa shape index (κ3) is 13.7. The highest BCUT2D eigenvalue weighted by Crippen LogP contribution is 2.45. The van der Waals surface area contributed by atoms with E-state index in [-0.39, 0.29) is 62.0 Å². The van der Waals surface area contributed by atoms with Crippen molar-refractivity contribution in [3.8, 4) is 46.0 Å². The highest BCUT2D eigenvalue weighted by molar-refractivity contribution is 7.22. The number of hydrogen-bond donors (Lipinski definition) is 1. The zero-order valence-corrected chi connectivity index (χ0v) is 44.7. The highest BCUT2D eigenvalue weighted by atomic mass is 32.1. The van der Waals surface area contributed by atoms with Gasteiger partial charge in [-0.1, -0.05) is 7.43 Å². The molecule has 0 bridgehead atoms.